The van der Waals surface area contributed by atoms with Crippen LogP contribution in [-0.2, 0) is 11.3 Å². The molecule has 3 aromatic heterocycles. The summed E-state index contributed by atoms with van der Waals surface area (Å²) in [4.78, 5) is 35.6. The van der Waals surface area contributed by atoms with Gasteiger partial charge in [0.2, 0.25) is 11.7 Å². The van der Waals surface area contributed by atoms with Crippen molar-refractivity contribution in [3.63, 3.8) is 0 Å². The number of aromatic carboxylic acids is 1. The van der Waals surface area contributed by atoms with Crippen LogP contribution in [0.3, 0.4) is 0 Å². The molecule has 2 aromatic carbocycles. The smallest absolute Gasteiger partial charge is 0.349 e. The predicted molar refractivity (Wildman–Crippen MR) is 140 cm³/mol. The predicted octanol–water partition coefficient (Wildman–Crippen LogP) is 3.15. The molecule has 0 saturated heterocycles. The molecule has 6 rings (SSSR count). The summed E-state index contributed by atoms with van der Waals surface area (Å²) in [6, 6.07) is 10.3. The molecule has 0 aliphatic carbocycles. The van der Waals surface area contributed by atoms with Gasteiger partial charge in [0.15, 0.2) is 34.8 Å². The lowest BCUT2D eigenvalue weighted by molar-refractivity contribution is -0.0180. The maximum Gasteiger partial charge on any atom is 0.349 e. The van der Waals surface area contributed by atoms with E-state index in [1.807, 2.05) is 30.3 Å². The molecule has 204 valence electrons. The van der Waals surface area contributed by atoms with Crippen LogP contribution in [0.5, 0.6) is 11.5 Å². The molecule has 4 heterocycles. The zero-order valence-electron chi connectivity index (χ0n) is 21.1. The van der Waals surface area contributed by atoms with E-state index in [0.29, 0.717) is 41.1 Å². The van der Waals surface area contributed by atoms with E-state index in [1.54, 1.807) is 13.0 Å². The monoisotopic (exact) mass is 563 g/mol. The van der Waals surface area contributed by atoms with E-state index in [9.17, 15) is 14.7 Å². The van der Waals surface area contributed by atoms with Crippen molar-refractivity contribution >= 4 is 23.0 Å². The Morgan fingerprint density at radius 2 is 2.10 bits per heavy atom. The standard InChI is InChI=1S/C25H21N7O7S/c1-12-27-21(31-39-12)13-3-5-16(6-4-13)28-18(14-7-15-9-37-11-38-19(15)17(8-14)36-2)22-29-25(35)32(30-22)23-20(24(33)34)40-10-26-23/h3-8,10,18,28H,9,11H2,1-2H3,(H,33,34)(H,29,30,35). The normalized spacial score (nSPS) is 13.3. The van der Waals surface area contributed by atoms with Crippen molar-refractivity contribution in [2.45, 2.75) is 19.6 Å². The van der Waals surface area contributed by atoms with Gasteiger partial charge < -0.3 is 29.2 Å². The van der Waals surface area contributed by atoms with Crippen LogP contribution in [0.4, 0.5) is 5.69 Å². The van der Waals surface area contributed by atoms with E-state index in [2.05, 4.69) is 30.5 Å². The average Bonchev–Trinajstić information content (AvgIpc) is 3.71. The largest absolute Gasteiger partial charge is 0.493 e. The molecule has 15 heteroatoms. The first-order chi connectivity index (χ1) is 19.4. The molecule has 0 saturated carbocycles. The van der Waals surface area contributed by atoms with Gasteiger partial charge >= 0.3 is 11.7 Å². The van der Waals surface area contributed by atoms with Crippen molar-refractivity contribution in [3.8, 4) is 28.7 Å². The maximum atomic E-state index is 13.0. The van der Waals surface area contributed by atoms with Crippen molar-refractivity contribution in [3.05, 3.63) is 80.1 Å². The van der Waals surface area contributed by atoms with Crippen molar-refractivity contribution in [1.29, 1.82) is 0 Å². The fraction of sp³-hybridized carbons (Fsp3) is 0.200. The molecule has 0 fully saturated rings. The number of nitrogens with one attached hydrogen (secondary N) is 2. The summed E-state index contributed by atoms with van der Waals surface area (Å²) >= 11 is 0.898. The molecule has 1 atom stereocenters. The zero-order valence-corrected chi connectivity index (χ0v) is 21.9. The highest BCUT2D eigenvalue weighted by atomic mass is 32.1. The second-order valence-corrected chi connectivity index (χ2v) is 9.51. The number of hydrogen-bond donors (Lipinski definition) is 3. The molecule has 0 spiro atoms. The Hall–Kier alpha value is -5.02. The molecule has 14 nitrogen and oxygen atoms in total. The minimum atomic E-state index is -1.21. The molecule has 5 aromatic rings. The van der Waals surface area contributed by atoms with Crippen LogP contribution < -0.4 is 20.5 Å². The number of hydrogen-bond acceptors (Lipinski definition) is 12. The summed E-state index contributed by atoms with van der Waals surface area (Å²) < 4.78 is 22.7. The number of H-pyrrole nitrogens is 1. The number of ether oxygens (including phenoxy) is 3. The Morgan fingerprint density at radius 1 is 1.27 bits per heavy atom. The number of carbonyl (C=O) groups is 1. The van der Waals surface area contributed by atoms with Gasteiger partial charge in [-0.05, 0) is 42.0 Å². The number of aryl methyl sites for hydroxylation is 1. The quantitative estimate of drug-likeness (QED) is 0.251. The maximum absolute atomic E-state index is 13.0. The van der Waals surface area contributed by atoms with E-state index < -0.39 is 17.7 Å². The van der Waals surface area contributed by atoms with Gasteiger partial charge in [-0.25, -0.2) is 14.6 Å². The molecular weight excluding hydrogens is 542 g/mol. The molecule has 1 unspecified atom stereocenters. The first kappa shape index (κ1) is 25.3. The van der Waals surface area contributed by atoms with Crippen molar-refractivity contribution in [2.75, 3.05) is 19.2 Å². The first-order valence-electron chi connectivity index (χ1n) is 11.9. The number of benzene rings is 2. The van der Waals surface area contributed by atoms with Crippen LogP contribution in [-0.4, -0.2) is 54.9 Å². The van der Waals surface area contributed by atoms with Gasteiger partial charge in [-0.3, -0.25) is 4.98 Å². The summed E-state index contributed by atoms with van der Waals surface area (Å²) in [5, 5.41) is 21.3. The third kappa shape index (κ3) is 4.67. The highest BCUT2D eigenvalue weighted by Gasteiger charge is 2.27. The molecule has 0 bridgehead atoms. The average molecular weight is 564 g/mol. The zero-order chi connectivity index (χ0) is 27.8. The van der Waals surface area contributed by atoms with Crippen LogP contribution in [0.25, 0.3) is 17.2 Å². The summed E-state index contributed by atoms with van der Waals surface area (Å²) in [5.74, 6) is 0.904. The second kappa shape index (κ2) is 10.3. The number of fused-ring (bicyclic) bond motifs is 1. The molecule has 0 radical (unpaired) electrons. The number of carboxylic acids is 1. The van der Waals surface area contributed by atoms with Crippen LogP contribution in [0, 0.1) is 6.92 Å². The van der Waals surface area contributed by atoms with E-state index >= 15 is 0 Å². The molecule has 40 heavy (non-hydrogen) atoms. The number of carboxylic acid groups (broad SMARTS) is 1. The Balaban J connectivity index is 1.43. The lowest BCUT2D eigenvalue weighted by Gasteiger charge is -2.24. The lowest BCUT2D eigenvalue weighted by Crippen LogP contribution is -2.18. The minimum absolute atomic E-state index is 0.0756. The Bertz CT molecular complexity index is 1740. The summed E-state index contributed by atoms with van der Waals surface area (Å²) in [7, 11) is 1.53. The third-order valence-electron chi connectivity index (χ3n) is 6.09. The Morgan fingerprint density at radius 3 is 2.83 bits per heavy atom. The van der Waals surface area contributed by atoms with E-state index in [-0.39, 0.29) is 23.3 Å². The van der Waals surface area contributed by atoms with Crippen molar-refractivity contribution in [1.82, 2.24) is 29.9 Å². The number of nitrogens with zero attached hydrogens (tertiary/aromatic N) is 5. The Labute approximate surface area is 229 Å². The number of thiazole rings is 1. The SMILES string of the molecule is COc1cc(C(Nc2ccc(-c3noc(C)n3)cc2)c2nn(-c3ncsc3C(=O)O)c(=O)[nH]2)cc2c1OCOC2. The van der Waals surface area contributed by atoms with E-state index in [0.717, 1.165) is 27.1 Å². The summed E-state index contributed by atoms with van der Waals surface area (Å²) in [5.41, 5.74) is 3.58. The third-order valence-corrected chi connectivity index (χ3v) is 6.89. The molecule has 1 aliphatic rings. The van der Waals surface area contributed by atoms with Crippen LogP contribution in [0.2, 0.25) is 0 Å². The molecular formula is C25H21N7O7S. The fourth-order valence-corrected chi connectivity index (χ4v) is 4.89. The highest BCUT2D eigenvalue weighted by molar-refractivity contribution is 7.12. The number of methoxy groups -OCH3 is 1. The number of anilines is 1. The minimum Gasteiger partial charge on any atom is -0.493 e. The lowest BCUT2D eigenvalue weighted by atomic mass is 10.0. The summed E-state index contributed by atoms with van der Waals surface area (Å²) in [6.07, 6.45) is 0. The molecule has 3 N–H and O–H groups in total. The van der Waals surface area contributed by atoms with Crippen LogP contribution >= 0.6 is 11.3 Å². The first-order valence-corrected chi connectivity index (χ1v) is 12.7. The van der Waals surface area contributed by atoms with Gasteiger partial charge in [-0.2, -0.15) is 9.67 Å². The van der Waals surface area contributed by atoms with Gasteiger partial charge in [-0.15, -0.1) is 16.4 Å². The van der Waals surface area contributed by atoms with Gasteiger partial charge in [0, 0.05) is 23.7 Å². The topological polar surface area (TPSA) is 180 Å². The van der Waals surface area contributed by atoms with Crippen molar-refractivity contribution < 1.29 is 28.6 Å². The van der Waals surface area contributed by atoms with E-state index in [1.165, 1.54) is 12.6 Å². The van der Waals surface area contributed by atoms with Gasteiger partial charge in [0.25, 0.3) is 0 Å². The molecule has 1 aliphatic heterocycles. The number of aromatic amines is 1. The number of aromatic nitrogens is 6. The van der Waals surface area contributed by atoms with Crippen LogP contribution in [0.1, 0.15) is 38.6 Å². The Kier molecular flexibility index (Phi) is 6.49. The second-order valence-electron chi connectivity index (χ2n) is 8.65. The summed E-state index contributed by atoms with van der Waals surface area (Å²) in [6.45, 7) is 2.12. The fourth-order valence-electron chi connectivity index (χ4n) is 4.28. The highest BCUT2D eigenvalue weighted by Crippen LogP contribution is 2.39. The van der Waals surface area contributed by atoms with Gasteiger partial charge in [-0.1, -0.05) is 5.16 Å². The molecule has 0 amide bonds. The van der Waals surface area contributed by atoms with E-state index in [4.69, 9.17) is 18.7 Å². The van der Waals surface area contributed by atoms with Gasteiger partial charge in [0.1, 0.15) is 6.04 Å². The van der Waals surface area contributed by atoms with Crippen molar-refractivity contribution in [2.24, 2.45) is 0 Å². The van der Waals surface area contributed by atoms with Crippen LogP contribution in [0.15, 0.2) is 51.2 Å². The number of rotatable bonds is 8. The van der Waals surface area contributed by atoms with Gasteiger partial charge in [0.05, 0.1) is 19.2 Å².